The van der Waals surface area contributed by atoms with E-state index in [9.17, 15) is 22.8 Å². The van der Waals surface area contributed by atoms with Crippen LogP contribution >= 0.6 is 11.3 Å². The molecule has 170 valence electrons. The number of thiophene rings is 1. The van der Waals surface area contributed by atoms with Gasteiger partial charge in [0.15, 0.2) is 5.78 Å². The second kappa shape index (κ2) is 9.14. The average Bonchev–Trinajstić information content (AvgIpc) is 3.35. The molecule has 0 bridgehead atoms. The Morgan fingerprint density at radius 1 is 1.12 bits per heavy atom. The lowest BCUT2D eigenvalue weighted by molar-refractivity contribution is -0.137. The second-order valence-electron chi connectivity index (χ2n) is 7.52. The molecule has 0 radical (unpaired) electrons. The zero-order valence-corrected chi connectivity index (χ0v) is 18.4. The van der Waals surface area contributed by atoms with Crippen LogP contribution in [0.25, 0.3) is 5.00 Å². The van der Waals surface area contributed by atoms with Crippen LogP contribution in [0.2, 0.25) is 0 Å². The molecule has 0 aliphatic heterocycles. The average molecular weight is 472 g/mol. The summed E-state index contributed by atoms with van der Waals surface area (Å²) < 4.78 is 40.7. The fraction of sp³-hybridized carbons (Fsp3) is 0.217. The Morgan fingerprint density at radius 2 is 1.88 bits per heavy atom. The summed E-state index contributed by atoms with van der Waals surface area (Å²) in [5, 5.41) is 4.63. The normalized spacial score (nSPS) is 11.6. The predicted octanol–water partition coefficient (Wildman–Crippen LogP) is 4.68. The fourth-order valence-electron chi connectivity index (χ4n) is 3.35. The van der Waals surface area contributed by atoms with E-state index in [1.54, 1.807) is 18.5 Å². The van der Waals surface area contributed by atoms with Crippen molar-refractivity contribution in [1.29, 1.82) is 0 Å². The van der Waals surface area contributed by atoms with E-state index in [2.05, 4.69) is 10.1 Å². The summed E-state index contributed by atoms with van der Waals surface area (Å²) >= 11 is 1.21. The van der Waals surface area contributed by atoms with Crippen molar-refractivity contribution >= 4 is 17.1 Å². The molecule has 4 rings (SSSR count). The predicted molar refractivity (Wildman–Crippen MR) is 118 cm³/mol. The van der Waals surface area contributed by atoms with Gasteiger partial charge < -0.3 is 0 Å². The van der Waals surface area contributed by atoms with Crippen molar-refractivity contribution in [1.82, 2.24) is 19.3 Å². The van der Waals surface area contributed by atoms with Crippen molar-refractivity contribution in [2.24, 2.45) is 0 Å². The molecule has 10 heteroatoms. The first-order valence-corrected chi connectivity index (χ1v) is 10.9. The van der Waals surface area contributed by atoms with Crippen molar-refractivity contribution in [3.8, 4) is 5.00 Å². The Bertz CT molecular complexity index is 1320. The summed E-state index contributed by atoms with van der Waals surface area (Å²) in [6.45, 7) is 1.85. The zero-order chi connectivity index (χ0) is 23.6. The number of aryl methyl sites for hydroxylation is 2. The van der Waals surface area contributed by atoms with Gasteiger partial charge in [0, 0.05) is 18.8 Å². The van der Waals surface area contributed by atoms with Crippen LogP contribution in [-0.2, 0) is 19.1 Å². The van der Waals surface area contributed by atoms with Crippen LogP contribution < -0.4 is 5.69 Å². The van der Waals surface area contributed by atoms with E-state index < -0.39 is 17.4 Å². The molecule has 4 aromatic rings. The van der Waals surface area contributed by atoms with E-state index >= 15 is 0 Å². The van der Waals surface area contributed by atoms with E-state index in [4.69, 9.17) is 0 Å². The molecule has 0 amide bonds. The highest BCUT2D eigenvalue weighted by molar-refractivity contribution is 7.16. The molecule has 0 saturated heterocycles. The van der Waals surface area contributed by atoms with Gasteiger partial charge in [0.25, 0.3) is 0 Å². The van der Waals surface area contributed by atoms with Crippen LogP contribution in [0, 0.1) is 6.92 Å². The third-order valence-electron chi connectivity index (χ3n) is 5.11. The van der Waals surface area contributed by atoms with Gasteiger partial charge in [-0.05, 0) is 54.3 Å². The highest BCUT2D eigenvalue weighted by Gasteiger charge is 2.30. The summed E-state index contributed by atoms with van der Waals surface area (Å²) in [7, 11) is 0. The molecule has 0 N–H and O–H groups in total. The first kappa shape index (κ1) is 22.7. The van der Waals surface area contributed by atoms with Gasteiger partial charge in [0.1, 0.15) is 11.3 Å². The lowest BCUT2D eigenvalue weighted by atomic mass is 10.1. The number of hydrogen-bond acceptors (Lipinski definition) is 5. The van der Waals surface area contributed by atoms with E-state index in [1.807, 2.05) is 19.1 Å². The molecule has 3 aromatic heterocycles. The highest BCUT2D eigenvalue weighted by atomic mass is 32.1. The van der Waals surface area contributed by atoms with Gasteiger partial charge in [-0.3, -0.25) is 9.78 Å². The Kier molecular flexibility index (Phi) is 6.28. The standard InChI is InChI=1S/C23H19F3N4O2S/c1-15-11-20(33-21(15)19(31)9-6-16-3-2-10-27-12-16)29-14-28-30(22(29)32)13-17-4-7-18(8-5-17)23(24,25)26/h2-5,7-8,10-12,14H,6,9,13H2,1H3. The van der Waals surface area contributed by atoms with Crippen molar-refractivity contribution < 1.29 is 18.0 Å². The largest absolute Gasteiger partial charge is 0.416 e. The minimum atomic E-state index is -4.42. The molecular weight excluding hydrogens is 453 g/mol. The summed E-state index contributed by atoms with van der Waals surface area (Å²) in [6.07, 6.45) is 1.24. The van der Waals surface area contributed by atoms with Crippen molar-refractivity contribution in [2.45, 2.75) is 32.5 Å². The third-order valence-corrected chi connectivity index (χ3v) is 6.38. The molecule has 6 nitrogen and oxygen atoms in total. The van der Waals surface area contributed by atoms with Gasteiger partial charge >= 0.3 is 11.9 Å². The summed E-state index contributed by atoms with van der Waals surface area (Å²) in [5.41, 5.74) is 1.07. The topological polar surface area (TPSA) is 69.8 Å². The van der Waals surface area contributed by atoms with E-state index in [0.29, 0.717) is 28.3 Å². The monoisotopic (exact) mass is 472 g/mol. The van der Waals surface area contributed by atoms with Crippen LogP contribution in [0.15, 0.2) is 66.0 Å². The molecule has 3 heterocycles. The van der Waals surface area contributed by atoms with Crippen LogP contribution in [0.4, 0.5) is 13.2 Å². The minimum Gasteiger partial charge on any atom is -0.293 e. The zero-order valence-electron chi connectivity index (χ0n) is 17.5. The third kappa shape index (κ3) is 5.11. The number of aromatic nitrogens is 4. The molecule has 0 aliphatic rings. The van der Waals surface area contributed by atoms with Crippen molar-refractivity contribution in [3.63, 3.8) is 0 Å². The molecule has 1 aromatic carbocycles. The number of rotatable bonds is 7. The van der Waals surface area contributed by atoms with Gasteiger partial charge in [0.2, 0.25) is 0 Å². The van der Waals surface area contributed by atoms with E-state index in [0.717, 1.165) is 23.3 Å². The Labute approximate surface area is 191 Å². The molecule has 0 saturated carbocycles. The van der Waals surface area contributed by atoms with E-state index in [-0.39, 0.29) is 12.3 Å². The van der Waals surface area contributed by atoms with Gasteiger partial charge in [0.05, 0.1) is 17.0 Å². The first-order chi connectivity index (χ1) is 15.7. The number of hydrogen-bond donors (Lipinski definition) is 0. The number of Topliss-reactive ketones (excluding diaryl/α,β-unsaturated/α-hetero) is 1. The number of carbonyl (C=O) groups excluding carboxylic acids is 1. The summed E-state index contributed by atoms with van der Waals surface area (Å²) in [6, 6.07) is 10.1. The van der Waals surface area contributed by atoms with Crippen LogP contribution in [0.5, 0.6) is 0 Å². The number of ketones is 1. The summed E-state index contributed by atoms with van der Waals surface area (Å²) in [4.78, 5) is 30.1. The minimum absolute atomic E-state index is 0.0159. The van der Waals surface area contributed by atoms with Gasteiger partial charge in [-0.15, -0.1) is 11.3 Å². The maximum absolute atomic E-state index is 12.8. The quantitative estimate of drug-likeness (QED) is 0.366. The Balaban J connectivity index is 1.49. The smallest absolute Gasteiger partial charge is 0.293 e. The van der Waals surface area contributed by atoms with E-state index in [1.165, 1.54) is 39.0 Å². The number of halogens is 3. The number of alkyl halides is 3. The molecule has 0 fully saturated rings. The summed E-state index contributed by atoms with van der Waals surface area (Å²) in [5.74, 6) is -0.0159. The Hall–Kier alpha value is -3.53. The number of carbonyl (C=O) groups is 1. The molecule has 0 spiro atoms. The first-order valence-electron chi connectivity index (χ1n) is 10.1. The van der Waals surface area contributed by atoms with Crippen LogP contribution in [0.3, 0.4) is 0 Å². The fourth-order valence-corrected chi connectivity index (χ4v) is 4.45. The van der Waals surface area contributed by atoms with Gasteiger partial charge in [-0.1, -0.05) is 18.2 Å². The maximum Gasteiger partial charge on any atom is 0.416 e. The van der Waals surface area contributed by atoms with Crippen molar-refractivity contribution in [2.75, 3.05) is 0 Å². The number of nitrogens with zero attached hydrogens (tertiary/aromatic N) is 4. The SMILES string of the molecule is Cc1cc(-n2cnn(Cc3ccc(C(F)(F)F)cc3)c2=O)sc1C(=O)CCc1cccnc1. The van der Waals surface area contributed by atoms with Gasteiger partial charge in [-0.2, -0.15) is 18.3 Å². The molecule has 33 heavy (non-hydrogen) atoms. The molecule has 0 aliphatic carbocycles. The lowest BCUT2D eigenvalue weighted by Crippen LogP contribution is -2.24. The lowest BCUT2D eigenvalue weighted by Gasteiger charge is -2.07. The molecule has 0 atom stereocenters. The Morgan fingerprint density at radius 3 is 2.55 bits per heavy atom. The maximum atomic E-state index is 12.8. The second-order valence-corrected chi connectivity index (χ2v) is 8.55. The molecule has 0 unspecified atom stereocenters. The van der Waals surface area contributed by atoms with Crippen molar-refractivity contribution in [3.05, 3.63) is 98.8 Å². The number of pyridine rings is 1. The van der Waals surface area contributed by atoms with Crippen LogP contribution in [-0.4, -0.2) is 25.1 Å². The molecular formula is C23H19F3N4O2S. The number of benzene rings is 1. The van der Waals surface area contributed by atoms with Gasteiger partial charge in [-0.25, -0.2) is 14.0 Å². The van der Waals surface area contributed by atoms with Crippen LogP contribution in [0.1, 0.15) is 38.3 Å². The highest BCUT2D eigenvalue weighted by Crippen LogP contribution is 2.29.